The van der Waals surface area contributed by atoms with Crippen LogP contribution in [0.4, 0.5) is 0 Å². The van der Waals surface area contributed by atoms with Crippen LogP contribution in [0.3, 0.4) is 0 Å². The monoisotopic (exact) mass is 1490 g/mol. The second-order valence-electron chi connectivity index (χ2n) is 29.3. The molecule has 0 saturated carbocycles. The Morgan fingerprint density at radius 2 is 0.405 bits per heavy atom. The normalized spacial score (nSPS) is 12.3. The molecule has 116 heavy (non-hydrogen) atoms. The Morgan fingerprint density at radius 1 is 0.224 bits per heavy atom. The summed E-state index contributed by atoms with van der Waals surface area (Å²) in [6.45, 7) is 0.681. The predicted octanol–water partition coefficient (Wildman–Crippen LogP) is 25.5. The highest BCUT2D eigenvalue weighted by Gasteiger charge is 2.28. The number of allylic oxidation sites excluding steroid dienone is 4. The van der Waals surface area contributed by atoms with Gasteiger partial charge in [-0.05, 0) is 227 Å². The first-order valence-corrected chi connectivity index (χ1v) is 39.0. The van der Waals surface area contributed by atoms with Gasteiger partial charge in [-0.1, -0.05) is 291 Å². The van der Waals surface area contributed by atoms with E-state index in [2.05, 4.69) is 194 Å². The van der Waals surface area contributed by atoms with E-state index < -0.39 is 0 Å². The third-order valence-corrected chi connectivity index (χ3v) is 21.6. The summed E-state index contributed by atoms with van der Waals surface area (Å²) in [6.07, 6.45) is 8.52. The Bertz CT molecular complexity index is 5820. The van der Waals surface area contributed by atoms with Gasteiger partial charge >= 0.3 is 0 Å². The van der Waals surface area contributed by atoms with Gasteiger partial charge in [0.15, 0.2) is 0 Å². The molecule has 552 valence electrons. The Labute approximate surface area is 675 Å². The highest BCUT2D eigenvalue weighted by atomic mass is 16.5. The molecule has 0 fully saturated rings. The average Bonchev–Trinajstić information content (AvgIpc) is 0.759. The van der Waals surface area contributed by atoms with Gasteiger partial charge < -0.3 is 18.9 Å². The molecule has 0 atom stereocenters. The topological polar surface area (TPSA) is 132 Å². The molecular weight excluding hydrogens is 1420 g/mol. The molecule has 1 aliphatic carbocycles. The molecule has 0 unspecified atom stereocenters. The predicted molar refractivity (Wildman–Crippen MR) is 470 cm³/mol. The molecule has 16 aromatic carbocycles. The second kappa shape index (κ2) is 34.1. The first kappa shape index (κ1) is 73.5. The largest absolute Gasteiger partial charge is 0.488 e. The van der Waals surface area contributed by atoms with Gasteiger partial charge in [0.05, 0.1) is 46.6 Å². The minimum atomic E-state index is 0.153. The van der Waals surface area contributed by atoms with Crippen LogP contribution < -0.4 is 18.9 Å². The maximum atomic E-state index is 11.9. The van der Waals surface area contributed by atoms with Crippen LogP contribution in [0.25, 0.3) is 89.7 Å². The molecule has 0 radical (unpaired) electrons. The average molecular weight is 1490 g/mol. The molecule has 0 spiro atoms. The zero-order valence-electron chi connectivity index (χ0n) is 63.7. The van der Waals surface area contributed by atoms with Crippen molar-refractivity contribution in [2.24, 2.45) is 0 Å². The van der Waals surface area contributed by atoms with Crippen LogP contribution in [-0.2, 0) is 52.1 Å². The number of hydrogen-bond acceptors (Lipinski definition) is 8. The number of ether oxygens (including phenoxy) is 4. The van der Waals surface area contributed by atoms with Crippen LogP contribution >= 0.6 is 0 Å². The zero-order valence-corrected chi connectivity index (χ0v) is 63.7. The standard InChI is InChI=1S/C108H76N4O4/c109-65-97(49-81-41-21-37-77-33-13-17-45-101(77)81)85-53-89-61-91-55-86(98(66-110)50-82-42-22-38-78-34-14-18-46-102(78)82)57-93(106(91)114-70-74-27-7-2-8-28-74)63-95-59-88(100(68-112)52-84-44-24-40-80-36-16-20-48-104(80)84)60-96(108(95)116-72-76-31-11-4-12-32-76)64-94-58-87(99(67-111)51-83-43-23-39-79-35-15-19-47-103(79)83)56-92(107(94)115-71-75-29-9-3-10-30-75)62-90(54-85)105(89)113-69-73-25-5-1-6-26-73/h1-60H,61-64,69-72H2/b97-49+,98-50+,99-51+,100-52+. The highest BCUT2D eigenvalue weighted by Crippen LogP contribution is 2.45. The van der Waals surface area contributed by atoms with Gasteiger partial charge in [0.2, 0.25) is 0 Å². The van der Waals surface area contributed by atoms with Gasteiger partial charge in [0.25, 0.3) is 0 Å². The van der Waals surface area contributed by atoms with Crippen molar-refractivity contribution >= 4 is 89.7 Å². The van der Waals surface area contributed by atoms with Crippen LogP contribution in [0.1, 0.15) is 111 Å². The van der Waals surface area contributed by atoms with E-state index in [1.165, 1.54) is 0 Å². The zero-order chi connectivity index (χ0) is 78.5. The summed E-state index contributed by atoms with van der Waals surface area (Å²) in [5, 5.41) is 55.8. The number of benzene rings is 16. The lowest BCUT2D eigenvalue weighted by Crippen LogP contribution is -2.11. The van der Waals surface area contributed by atoms with Crippen LogP contribution in [0.2, 0.25) is 0 Å². The number of nitrogens with zero attached hydrogens (tertiary/aromatic N) is 4. The van der Waals surface area contributed by atoms with Crippen LogP contribution in [0.5, 0.6) is 23.0 Å². The van der Waals surface area contributed by atoms with Crippen LogP contribution in [0, 0.1) is 45.3 Å². The molecule has 8 nitrogen and oxygen atoms in total. The van der Waals surface area contributed by atoms with E-state index >= 15 is 0 Å². The first-order valence-electron chi connectivity index (χ1n) is 39.0. The van der Waals surface area contributed by atoms with Crippen molar-refractivity contribution in [1.29, 1.82) is 21.0 Å². The summed E-state index contributed by atoms with van der Waals surface area (Å²) >= 11 is 0. The lowest BCUT2D eigenvalue weighted by Gasteiger charge is -2.25. The van der Waals surface area contributed by atoms with E-state index in [1.54, 1.807) is 0 Å². The van der Waals surface area contributed by atoms with Crippen molar-refractivity contribution in [3.8, 4) is 47.3 Å². The fraction of sp³-hybridized carbons (Fsp3) is 0.0741. The van der Waals surface area contributed by atoms with Crippen molar-refractivity contribution in [1.82, 2.24) is 0 Å². The molecule has 0 amide bonds. The van der Waals surface area contributed by atoms with E-state index in [0.29, 0.717) is 67.5 Å². The summed E-state index contributed by atoms with van der Waals surface area (Å²) in [7, 11) is 0. The van der Waals surface area contributed by atoms with Crippen molar-refractivity contribution in [3.05, 3.63) is 451 Å². The summed E-state index contributed by atoms with van der Waals surface area (Å²) in [5.74, 6) is 2.28. The highest BCUT2D eigenvalue weighted by molar-refractivity contribution is 6.03. The third kappa shape index (κ3) is 16.3. The Morgan fingerprint density at radius 3 is 0.603 bits per heavy atom. The third-order valence-electron chi connectivity index (χ3n) is 21.6. The Kier molecular flexibility index (Phi) is 21.6. The number of nitriles is 4. The fourth-order valence-corrected chi connectivity index (χ4v) is 16.0. The van der Waals surface area contributed by atoms with Gasteiger partial charge in [0, 0.05) is 25.7 Å². The summed E-state index contributed by atoms with van der Waals surface area (Å²) < 4.78 is 30.1. The van der Waals surface area contributed by atoms with Crippen molar-refractivity contribution in [2.75, 3.05) is 0 Å². The molecule has 16 aromatic rings. The first-order chi connectivity index (χ1) is 57.3. The smallest absolute Gasteiger partial charge is 0.126 e. The molecule has 0 N–H and O–H groups in total. The minimum absolute atomic E-state index is 0.153. The molecule has 8 bridgehead atoms. The van der Waals surface area contributed by atoms with E-state index in [9.17, 15) is 21.0 Å². The molecule has 1 aliphatic rings. The minimum Gasteiger partial charge on any atom is -0.488 e. The summed E-state index contributed by atoms with van der Waals surface area (Å²) in [5.41, 5.74) is 17.3. The second-order valence-corrected chi connectivity index (χ2v) is 29.3. The van der Waals surface area contributed by atoms with Crippen molar-refractivity contribution in [2.45, 2.75) is 52.1 Å². The number of rotatable bonds is 20. The van der Waals surface area contributed by atoms with Gasteiger partial charge in [0.1, 0.15) is 49.4 Å². The molecule has 0 aromatic heterocycles. The van der Waals surface area contributed by atoms with Crippen LogP contribution in [0.15, 0.2) is 340 Å². The quantitative estimate of drug-likeness (QED) is 0.0544. The van der Waals surface area contributed by atoms with Gasteiger partial charge in [-0.2, -0.15) is 21.0 Å². The van der Waals surface area contributed by atoms with E-state index in [4.69, 9.17) is 18.9 Å². The summed E-state index contributed by atoms with van der Waals surface area (Å²) in [6, 6.07) is 125. The number of hydrogen-bond donors (Lipinski definition) is 0. The fourth-order valence-electron chi connectivity index (χ4n) is 16.0. The van der Waals surface area contributed by atoms with Gasteiger partial charge in [-0.3, -0.25) is 0 Å². The van der Waals surface area contributed by atoms with E-state index in [-0.39, 0.29) is 52.1 Å². The maximum Gasteiger partial charge on any atom is 0.126 e. The molecular formula is C108H76N4O4. The van der Waals surface area contributed by atoms with Crippen LogP contribution in [-0.4, -0.2) is 0 Å². The molecule has 8 heteroatoms. The molecule has 0 heterocycles. The number of fused-ring (bicyclic) bond motifs is 12. The lowest BCUT2D eigenvalue weighted by molar-refractivity contribution is 0.293. The summed E-state index contributed by atoms with van der Waals surface area (Å²) in [4.78, 5) is 0. The van der Waals surface area contributed by atoms with Crippen molar-refractivity contribution in [3.63, 3.8) is 0 Å². The lowest BCUT2D eigenvalue weighted by atomic mass is 9.85. The van der Waals surface area contributed by atoms with Gasteiger partial charge in [-0.25, -0.2) is 0 Å². The van der Waals surface area contributed by atoms with Gasteiger partial charge in [-0.15, -0.1) is 0 Å². The van der Waals surface area contributed by atoms with E-state index in [1.807, 2.05) is 194 Å². The molecule has 17 rings (SSSR count). The Balaban J connectivity index is 1.00. The Hall–Kier alpha value is -15.3. The molecule has 0 saturated heterocycles. The molecule has 0 aliphatic heterocycles. The van der Waals surface area contributed by atoms with Crippen molar-refractivity contribution < 1.29 is 18.9 Å². The SMILES string of the molecule is N#C/C(=C\c1cccc2ccccc12)c1cc2c(OCc3ccccc3)c(c1)Cc1cc(/C(C#N)=C/c3cccc4ccccc34)cc(c1OCc1ccccc1)Cc1cc(/C(C#N)=C/c3cccc4ccccc34)cc(c1OCc1ccccc1)Cc1cc(/C(C#N)=C/c3cccc4ccccc34)cc(c1OCc1ccccc1)C2. The maximum absolute atomic E-state index is 11.9. The van der Waals surface area contributed by atoms with E-state index in [0.717, 1.165) is 132 Å².